The Balaban J connectivity index is 1.56. The topological polar surface area (TPSA) is 98.5 Å². The van der Waals surface area contributed by atoms with Gasteiger partial charge in [0.2, 0.25) is 0 Å². The Morgan fingerprint density at radius 3 is 2.49 bits per heavy atom. The molecule has 0 aliphatic heterocycles. The van der Waals surface area contributed by atoms with E-state index in [0.717, 1.165) is 39.2 Å². The number of aromatic nitrogens is 6. The number of aryl methyl sites for hydroxylation is 2. The molecule has 0 saturated heterocycles. The lowest BCUT2D eigenvalue weighted by atomic mass is 9.99. The maximum Gasteiger partial charge on any atom is 0.263 e. The summed E-state index contributed by atoms with van der Waals surface area (Å²) in [7, 11) is 0. The molecule has 0 radical (unpaired) electrons. The van der Waals surface area contributed by atoms with E-state index in [1.165, 1.54) is 0 Å². The maximum absolute atomic E-state index is 14.3. The van der Waals surface area contributed by atoms with Crippen LogP contribution in [0.25, 0.3) is 38.6 Å². The van der Waals surface area contributed by atoms with E-state index in [-0.39, 0.29) is 11.6 Å². The molecule has 0 aliphatic rings. The van der Waals surface area contributed by atoms with Gasteiger partial charge in [0, 0.05) is 42.0 Å². The van der Waals surface area contributed by atoms with Crippen LogP contribution in [0, 0.1) is 6.92 Å². The smallest absolute Gasteiger partial charge is 0.263 e. The molecule has 0 aliphatic carbocycles. The average Bonchev–Trinajstić information content (AvgIpc) is 2.97. The van der Waals surface area contributed by atoms with Crippen molar-refractivity contribution >= 4 is 27.6 Å². The SMILES string of the molecule is CCc1nc(N[C@@H](C)c2cc3cccc(-c4cnc(C)nc4)c3c(=O)n2-c2ccccc2)c2ncccc2n1. The average molecular weight is 514 g/mol. The van der Waals surface area contributed by atoms with E-state index >= 15 is 0 Å². The minimum absolute atomic E-state index is 0.113. The highest BCUT2D eigenvalue weighted by Gasteiger charge is 2.20. The lowest BCUT2D eigenvalue weighted by Crippen LogP contribution is -2.26. The molecule has 4 aromatic heterocycles. The molecule has 0 fully saturated rings. The number of benzene rings is 2. The van der Waals surface area contributed by atoms with Crippen LogP contribution in [0.3, 0.4) is 0 Å². The maximum atomic E-state index is 14.3. The monoisotopic (exact) mass is 513 g/mol. The number of pyridine rings is 2. The highest BCUT2D eigenvalue weighted by atomic mass is 16.1. The molecule has 1 N–H and O–H groups in total. The van der Waals surface area contributed by atoms with Gasteiger partial charge in [-0.25, -0.2) is 19.9 Å². The summed E-state index contributed by atoms with van der Waals surface area (Å²) in [5, 5.41) is 5.00. The number of rotatable bonds is 6. The van der Waals surface area contributed by atoms with Crippen LogP contribution in [-0.4, -0.2) is 29.5 Å². The van der Waals surface area contributed by atoms with E-state index < -0.39 is 0 Å². The van der Waals surface area contributed by atoms with E-state index in [0.29, 0.717) is 29.0 Å². The zero-order chi connectivity index (χ0) is 26.9. The van der Waals surface area contributed by atoms with Gasteiger partial charge in [0.05, 0.1) is 16.9 Å². The molecule has 39 heavy (non-hydrogen) atoms. The van der Waals surface area contributed by atoms with Crippen molar-refractivity contribution in [2.45, 2.75) is 33.2 Å². The molecule has 4 heterocycles. The third-order valence-corrected chi connectivity index (χ3v) is 6.80. The van der Waals surface area contributed by atoms with Crippen molar-refractivity contribution in [3.05, 3.63) is 113 Å². The van der Waals surface area contributed by atoms with Crippen LogP contribution in [-0.2, 0) is 6.42 Å². The van der Waals surface area contributed by atoms with E-state index in [9.17, 15) is 4.79 Å². The van der Waals surface area contributed by atoms with E-state index in [2.05, 4.69) is 31.3 Å². The Hall–Kier alpha value is -4.98. The van der Waals surface area contributed by atoms with Crippen molar-refractivity contribution < 1.29 is 0 Å². The fraction of sp³-hybridized carbons (Fsp3) is 0.161. The van der Waals surface area contributed by atoms with Crippen molar-refractivity contribution in [2.75, 3.05) is 5.32 Å². The molecule has 0 amide bonds. The number of nitrogens with zero attached hydrogens (tertiary/aromatic N) is 6. The van der Waals surface area contributed by atoms with Crippen molar-refractivity contribution in [2.24, 2.45) is 0 Å². The van der Waals surface area contributed by atoms with E-state index in [1.54, 1.807) is 23.2 Å². The molecule has 192 valence electrons. The predicted molar refractivity (Wildman–Crippen MR) is 154 cm³/mol. The van der Waals surface area contributed by atoms with Crippen molar-refractivity contribution in [3.8, 4) is 16.8 Å². The number of fused-ring (bicyclic) bond motifs is 2. The van der Waals surface area contributed by atoms with Gasteiger partial charge in [0.25, 0.3) is 5.56 Å². The molecule has 8 heteroatoms. The number of hydrogen-bond donors (Lipinski definition) is 1. The van der Waals surface area contributed by atoms with Crippen molar-refractivity contribution in [3.63, 3.8) is 0 Å². The van der Waals surface area contributed by atoms with Gasteiger partial charge >= 0.3 is 0 Å². The third-order valence-electron chi connectivity index (χ3n) is 6.80. The zero-order valence-electron chi connectivity index (χ0n) is 22.0. The van der Waals surface area contributed by atoms with Gasteiger partial charge in [-0.05, 0) is 55.1 Å². The summed E-state index contributed by atoms with van der Waals surface area (Å²) in [6.07, 6.45) is 5.96. The molecule has 0 unspecified atom stereocenters. The van der Waals surface area contributed by atoms with Gasteiger partial charge in [-0.2, -0.15) is 0 Å². The standard InChI is InChI=1S/C31H27N7O/c1-4-27-36-25-14-9-15-32-29(25)30(37-27)35-19(2)26-16-21-10-8-13-24(22-17-33-20(3)34-18-22)28(21)31(39)38(26)23-11-6-5-7-12-23/h5-19H,4H2,1-3H3,(H,35,36,37)/t19-/m0/s1. The molecule has 1 atom stereocenters. The first-order valence-corrected chi connectivity index (χ1v) is 12.9. The first-order valence-electron chi connectivity index (χ1n) is 12.9. The largest absolute Gasteiger partial charge is 0.360 e. The minimum atomic E-state index is -0.279. The van der Waals surface area contributed by atoms with Crippen LogP contribution < -0.4 is 10.9 Å². The van der Waals surface area contributed by atoms with Gasteiger partial charge < -0.3 is 5.32 Å². The number of anilines is 1. The second-order valence-corrected chi connectivity index (χ2v) is 9.41. The number of para-hydroxylation sites is 1. The molecule has 0 spiro atoms. The Labute approximate surface area is 225 Å². The van der Waals surface area contributed by atoms with Crippen LogP contribution >= 0.6 is 0 Å². The molecule has 0 saturated carbocycles. The zero-order valence-corrected chi connectivity index (χ0v) is 22.0. The number of hydrogen-bond acceptors (Lipinski definition) is 7. The molecular weight excluding hydrogens is 486 g/mol. The summed E-state index contributed by atoms with van der Waals surface area (Å²) in [4.78, 5) is 37.0. The summed E-state index contributed by atoms with van der Waals surface area (Å²) in [6.45, 7) is 5.90. The normalized spacial score (nSPS) is 12.1. The molecule has 6 rings (SSSR count). The van der Waals surface area contributed by atoms with Crippen LogP contribution in [0.5, 0.6) is 0 Å². The van der Waals surface area contributed by atoms with Gasteiger partial charge in [-0.1, -0.05) is 43.3 Å². The fourth-order valence-corrected chi connectivity index (χ4v) is 4.87. The van der Waals surface area contributed by atoms with Crippen LogP contribution in [0.1, 0.15) is 37.2 Å². The summed E-state index contributed by atoms with van der Waals surface area (Å²) in [6, 6.07) is 21.2. The lowest BCUT2D eigenvalue weighted by molar-refractivity contribution is 0.771. The fourth-order valence-electron chi connectivity index (χ4n) is 4.87. The quantitative estimate of drug-likeness (QED) is 0.299. The molecular formula is C31H27N7O. The predicted octanol–water partition coefficient (Wildman–Crippen LogP) is 5.83. The second-order valence-electron chi connectivity index (χ2n) is 9.41. The summed E-state index contributed by atoms with van der Waals surface area (Å²) in [5.41, 5.74) is 4.54. The molecule has 0 bridgehead atoms. The Kier molecular flexibility index (Phi) is 6.28. The second kappa shape index (κ2) is 10.1. The Bertz CT molecular complexity index is 1870. The first-order chi connectivity index (χ1) is 19.0. The van der Waals surface area contributed by atoms with E-state index in [4.69, 9.17) is 4.98 Å². The van der Waals surface area contributed by atoms with E-state index in [1.807, 2.05) is 81.4 Å². The minimum Gasteiger partial charge on any atom is -0.360 e. The molecule has 6 aromatic rings. The van der Waals surface area contributed by atoms with Gasteiger partial charge in [-0.3, -0.25) is 14.3 Å². The van der Waals surface area contributed by atoms with Crippen LogP contribution in [0.15, 0.2) is 90.1 Å². The van der Waals surface area contributed by atoms with Crippen LogP contribution in [0.4, 0.5) is 5.82 Å². The Morgan fingerprint density at radius 1 is 0.923 bits per heavy atom. The van der Waals surface area contributed by atoms with Gasteiger partial charge in [-0.15, -0.1) is 0 Å². The van der Waals surface area contributed by atoms with Gasteiger partial charge in [0.15, 0.2) is 5.82 Å². The van der Waals surface area contributed by atoms with Gasteiger partial charge in [0.1, 0.15) is 17.2 Å². The summed E-state index contributed by atoms with van der Waals surface area (Å²) >= 11 is 0. The summed E-state index contributed by atoms with van der Waals surface area (Å²) < 4.78 is 1.77. The first kappa shape index (κ1) is 24.4. The Morgan fingerprint density at radius 2 is 1.72 bits per heavy atom. The van der Waals surface area contributed by atoms with Crippen molar-refractivity contribution in [1.82, 2.24) is 29.5 Å². The lowest BCUT2D eigenvalue weighted by Gasteiger charge is -2.22. The third kappa shape index (κ3) is 4.50. The molecule has 8 nitrogen and oxygen atoms in total. The number of nitrogens with one attached hydrogen (secondary N) is 1. The highest BCUT2D eigenvalue weighted by Crippen LogP contribution is 2.30. The van der Waals surface area contributed by atoms with Crippen molar-refractivity contribution in [1.29, 1.82) is 0 Å². The molecule has 2 aromatic carbocycles. The highest BCUT2D eigenvalue weighted by molar-refractivity contribution is 5.96. The van der Waals surface area contributed by atoms with Crippen LogP contribution in [0.2, 0.25) is 0 Å². The summed E-state index contributed by atoms with van der Waals surface area (Å²) in [5.74, 6) is 2.05.